The first-order valence-corrected chi connectivity index (χ1v) is 20.3. The molecule has 0 radical (unpaired) electrons. The van der Waals surface area contributed by atoms with E-state index in [9.17, 15) is 19.4 Å². The van der Waals surface area contributed by atoms with Gasteiger partial charge in [-0.05, 0) is 70.6 Å². The third-order valence-electron chi connectivity index (χ3n) is 7.64. The van der Waals surface area contributed by atoms with Crippen molar-refractivity contribution in [2.24, 2.45) is 0 Å². The smallest absolute Gasteiger partial charge is 0.387 e. The molecule has 0 saturated heterocycles. The van der Waals surface area contributed by atoms with Crippen molar-refractivity contribution in [3.8, 4) is 0 Å². The fraction of sp³-hybridized carbons (Fsp3) is 0.675. The highest BCUT2D eigenvalue weighted by atomic mass is 31.2. The van der Waals surface area contributed by atoms with E-state index in [1.54, 1.807) is 6.08 Å². The molecular weight excluding hydrogens is 635 g/mol. The Labute approximate surface area is 300 Å². The number of carbonyl (C=O) groups is 1. The molecule has 0 fully saturated rings. The maximum atomic E-state index is 12.8. The number of unbranched alkanes of at least 4 members (excludes halogenated alkanes) is 9. The number of allylic oxidation sites excluding steroid dienone is 11. The molecule has 0 aromatic heterocycles. The number of aliphatic hydroxyl groups excluding tert-OH is 1. The number of aliphatic hydroxyl groups is 1. The van der Waals surface area contributed by atoms with Gasteiger partial charge in [-0.3, -0.25) is 13.8 Å². The summed E-state index contributed by atoms with van der Waals surface area (Å²) in [6.07, 6.45) is 41.1. The lowest BCUT2D eigenvalue weighted by Gasteiger charge is -2.25. The molecule has 0 spiro atoms. The van der Waals surface area contributed by atoms with Gasteiger partial charge in [-0.15, -0.1) is 0 Å². The highest BCUT2D eigenvalue weighted by molar-refractivity contribution is 7.47. The summed E-state index contributed by atoms with van der Waals surface area (Å²) in [6.45, 7) is 4.56. The van der Waals surface area contributed by atoms with Crippen LogP contribution in [-0.4, -0.2) is 73.4 Å². The standard InChI is InChI=1S/C40H71N2O6P/c1-6-8-10-12-14-16-18-20-21-22-24-26-28-30-32-34-40(44)41-38(37-48-49(45,46)47-36-35-42(3,4)5)39(43)33-31-29-27-25-23-19-17-15-13-11-9-7-2/h8,10,13-16,20-21,23,25,31,33,38-39,43H,6-7,9,11-12,17-19,22,24,26-30,32,34-37H2,1-5H3,(H-,41,44,45,46)/p+1/b10-8-,15-13+,16-14-,21-20-,25-23+,33-31+. The van der Waals surface area contributed by atoms with Gasteiger partial charge in [0.25, 0.3) is 0 Å². The number of rotatable bonds is 32. The monoisotopic (exact) mass is 708 g/mol. The molecule has 49 heavy (non-hydrogen) atoms. The molecule has 0 aromatic rings. The molecule has 282 valence electrons. The van der Waals surface area contributed by atoms with Crippen LogP contribution in [0.3, 0.4) is 0 Å². The first kappa shape index (κ1) is 46.9. The van der Waals surface area contributed by atoms with Crippen molar-refractivity contribution < 1.29 is 32.9 Å². The van der Waals surface area contributed by atoms with Gasteiger partial charge in [0.15, 0.2) is 0 Å². The summed E-state index contributed by atoms with van der Waals surface area (Å²) in [5, 5.41) is 13.7. The summed E-state index contributed by atoms with van der Waals surface area (Å²) >= 11 is 0. The Kier molecular flexibility index (Phi) is 30.5. The SMILES string of the molecule is CC/C=C\C/C=C\C/C=C\CCCCCCCC(=O)NC(COP(=O)(O)OCC[N+](C)(C)C)C(O)/C=C/CC/C=C/CC/C=C/CCCC. The van der Waals surface area contributed by atoms with Gasteiger partial charge in [0.1, 0.15) is 13.2 Å². The fourth-order valence-electron chi connectivity index (χ4n) is 4.60. The number of likely N-dealkylation sites (N-methyl/N-ethyl adjacent to an activating group) is 1. The zero-order chi connectivity index (χ0) is 36.5. The van der Waals surface area contributed by atoms with E-state index in [2.05, 4.69) is 79.9 Å². The van der Waals surface area contributed by atoms with E-state index in [1.165, 1.54) is 12.8 Å². The number of phosphoric ester groups is 1. The molecular formula is C40H72N2O6P+. The van der Waals surface area contributed by atoms with E-state index in [-0.39, 0.29) is 19.1 Å². The third-order valence-corrected chi connectivity index (χ3v) is 8.62. The fourth-order valence-corrected chi connectivity index (χ4v) is 5.33. The molecule has 0 aliphatic rings. The number of nitrogens with zero attached hydrogens (tertiary/aromatic N) is 1. The summed E-state index contributed by atoms with van der Waals surface area (Å²) in [6, 6.07) is -0.879. The maximum absolute atomic E-state index is 12.8. The second kappa shape index (κ2) is 31.9. The minimum absolute atomic E-state index is 0.0459. The molecule has 3 N–H and O–H groups in total. The number of amides is 1. The number of carbonyl (C=O) groups excluding carboxylic acids is 1. The van der Waals surface area contributed by atoms with Gasteiger partial charge in [0, 0.05) is 6.42 Å². The molecule has 0 rings (SSSR count). The van der Waals surface area contributed by atoms with Crippen molar-refractivity contribution in [2.45, 2.75) is 135 Å². The first-order valence-electron chi connectivity index (χ1n) is 18.8. The largest absolute Gasteiger partial charge is 0.472 e. The molecule has 0 saturated carbocycles. The Morgan fingerprint density at radius 3 is 1.88 bits per heavy atom. The van der Waals surface area contributed by atoms with E-state index in [4.69, 9.17) is 9.05 Å². The van der Waals surface area contributed by atoms with Crippen molar-refractivity contribution in [3.63, 3.8) is 0 Å². The highest BCUT2D eigenvalue weighted by Crippen LogP contribution is 2.43. The van der Waals surface area contributed by atoms with Crippen LogP contribution < -0.4 is 5.32 Å². The van der Waals surface area contributed by atoms with Gasteiger partial charge >= 0.3 is 7.82 Å². The summed E-state index contributed by atoms with van der Waals surface area (Å²) in [7, 11) is 1.51. The number of nitrogens with one attached hydrogen (secondary N) is 1. The zero-order valence-electron chi connectivity index (χ0n) is 31.6. The van der Waals surface area contributed by atoms with Crippen LogP contribution in [0, 0.1) is 0 Å². The normalized spacial score (nSPS) is 15.5. The van der Waals surface area contributed by atoms with E-state index < -0.39 is 20.0 Å². The van der Waals surface area contributed by atoms with Gasteiger partial charge < -0.3 is 19.8 Å². The van der Waals surface area contributed by atoms with Crippen LogP contribution >= 0.6 is 7.82 Å². The molecule has 0 aliphatic carbocycles. The Morgan fingerprint density at radius 2 is 1.24 bits per heavy atom. The zero-order valence-corrected chi connectivity index (χ0v) is 32.5. The van der Waals surface area contributed by atoms with Crippen LogP contribution in [0.2, 0.25) is 0 Å². The lowest BCUT2D eigenvalue weighted by Crippen LogP contribution is -2.45. The molecule has 0 aromatic carbocycles. The Balaban J connectivity index is 4.65. The van der Waals surface area contributed by atoms with Gasteiger partial charge in [-0.25, -0.2) is 4.57 Å². The second-order valence-electron chi connectivity index (χ2n) is 13.5. The predicted octanol–water partition coefficient (Wildman–Crippen LogP) is 9.68. The van der Waals surface area contributed by atoms with E-state index >= 15 is 0 Å². The van der Waals surface area contributed by atoms with Gasteiger partial charge in [0.2, 0.25) is 5.91 Å². The number of hydrogen-bond acceptors (Lipinski definition) is 5. The van der Waals surface area contributed by atoms with Crippen LogP contribution in [-0.2, 0) is 18.4 Å². The van der Waals surface area contributed by atoms with Crippen LogP contribution in [0.1, 0.15) is 123 Å². The lowest BCUT2D eigenvalue weighted by atomic mass is 10.1. The van der Waals surface area contributed by atoms with E-state index in [0.29, 0.717) is 17.4 Å². The van der Waals surface area contributed by atoms with Crippen molar-refractivity contribution in [1.82, 2.24) is 5.32 Å². The summed E-state index contributed by atoms with van der Waals surface area (Å²) in [4.78, 5) is 23.0. The third kappa shape index (κ3) is 34.2. The number of phosphoric acid groups is 1. The average molecular weight is 708 g/mol. The minimum atomic E-state index is -4.35. The number of quaternary nitrogens is 1. The molecule has 9 heteroatoms. The summed E-state index contributed by atoms with van der Waals surface area (Å²) < 4.78 is 23.4. The summed E-state index contributed by atoms with van der Waals surface area (Å²) in [5.74, 6) is -0.215. The number of hydrogen-bond donors (Lipinski definition) is 3. The molecule has 3 atom stereocenters. The maximum Gasteiger partial charge on any atom is 0.472 e. The van der Waals surface area contributed by atoms with Crippen LogP contribution in [0.4, 0.5) is 0 Å². The Morgan fingerprint density at radius 1 is 0.714 bits per heavy atom. The van der Waals surface area contributed by atoms with E-state index in [0.717, 1.165) is 89.9 Å². The molecule has 3 unspecified atom stereocenters. The van der Waals surface area contributed by atoms with Crippen molar-refractivity contribution in [1.29, 1.82) is 0 Å². The molecule has 0 aliphatic heterocycles. The molecule has 1 amide bonds. The molecule has 0 heterocycles. The van der Waals surface area contributed by atoms with Crippen molar-refractivity contribution in [2.75, 3.05) is 40.9 Å². The average Bonchev–Trinajstić information content (AvgIpc) is 3.04. The minimum Gasteiger partial charge on any atom is -0.387 e. The highest BCUT2D eigenvalue weighted by Gasteiger charge is 2.27. The van der Waals surface area contributed by atoms with Gasteiger partial charge in [0.05, 0.1) is 39.9 Å². The van der Waals surface area contributed by atoms with Crippen LogP contribution in [0.5, 0.6) is 0 Å². The van der Waals surface area contributed by atoms with Crippen molar-refractivity contribution >= 4 is 13.7 Å². The van der Waals surface area contributed by atoms with Crippen LogP contribution in [0.25, 0.3) is 0 Å². The predicted molar refractivity (Wildman–Crippen MR) is 207 cm³/mol. The van der Waals surface area contributed by atoms with E-state index in [1.807, 2.05) is 27.2 Å². The van der Waals surface area contributed by atoms with Gasteiger partial charge in [-0.2, -0.15) is 0 Å². The second-order valence-corrected chi connectivity index (χ2v) is 15.0. The first-order chi connectivity index (χ1) is 23.5. The summed E-state index contributed by atoms with van der Waals surface area (Å²) in [5.41, 5.74) is 0. The Hall–Kier alpha value is -2.06. The van der Waals surface area contributed by atoms with Crippen LogP contribution in [0.15, 0.2) is 72.9 Å². The van der Waals surface area contributed by atoms with Crippen molar-refractivity contribution in [3.05, 3.63) is 72.9 Å². The molecule has 8 nitrogen and oxygen atoms in total. The topological polar surface area (TPSA) is 105 Å². The Bertz CT molecular complexity index is 1030. The molecule has 0 bridgehead atoms. The van der Waals surface area contributed by atoms with Gasteiger partial charge in [-0.1, -0.05) is 119 Å². The lowest BCUT2D eigenvalue weighted by molar-refractivity contribution is -0.870. The quantitative estimate of drug-likeness (QED) is 0.0278.